The quantitative estimate of drug-likeness (QED) is 0.907. The lowest BCUT2D eigenvalue weighted by atomic mass is 10.2. The van der Waals surface area contributed by atoms with E-state index in [0.717, 1.165) is 12.1 Å². The first-order valence-corrected chi connectivity index (χ1v) is 7.81. The van der Waals surface area contributed by atoms with Crippen LogP contribution in [0.5, 0.6) is 0 Å². The summed E-state index contributed by atoms with van der Waals surface area (Å²) in [4.78, 5) is 25.8. The highest BCUT2D eigenvalue weighted by Gasteiger charge is 2.24. The normalized spacial score (nSPS) is 14.4. The van der Waals surface area contributed by atoms with Gasteiger partial charge in [0, 0.05) is 19.2 Å². The van der Waals surface area contributed by atoms with E-state index in [0.29, 0.717) is 23.3 Å². The van der Waals surface area contributed by atoms with E-state index in [1.807, 2.05) is 18.2 Å². The Labute approximate surface area is 136 Å². The minimum atomic E-state index is -0.185. The number of anilines is 2. The molecule has 114 valence electrons. The Morgan fingerprint density at radius 1 is 1.32 bits per heavy atom. The van der Waals surface area contributed by atoms with Crippen molar-refractivity contribution >= 4 is 39.1 Å². The fraction of sp³-hybridized carbons (Fsp3) is 0.267. The van der Waals surface area contributed by atoms with E-state index in [4.69, 9.17) is 0 Å². The molecule has 2 heterocycles. The summed E-state index contributed by atoms with van der Waals surface area (Å²) < 4.78 is 2.23. The summed E-state index contributed by atoms with van der Waals surface area (Å²) >= 11 is 3.24. The Morgan fingerprint density at radius 3 is 2.82 bits per heavy atom. The molecule has 3 rings (SSSR count). The summed E-state index contributed by atoms with van der Waals surface area (Å²) in [6, 6.07) is 9.12. The number of carbonyl (C=O) groups is 2. The molecule has 0 unspecified atom stereocenters. The second kappa shape index (κ2) is 6.31. The Bertz CT molecular complexity index is 713. The van der Waals surface area contributed by atoms with Gasteiger partial charge in [-0.15, -0.1) is 0 Å². The zero-order valence-electron chi connectivity index (χ0n) is 11.8. The van der Waals surface area contributed by atoms with E-state index in [1.165, 1.54) is 0 Å². The van der Waals surface area contributed by atoms with Gasteiger partial charge in [0.15, 0.2) is 0 Å². The van der Waals surface area contributed by atoms with Crippen molar-refractivity contribution in [3.05, 3.63) is 41.1 Å². The predicted octanol–water partition coefficient (Wildman–Crippen LogP) is 2.41. The Morgan fingerprint density at radius 2 is 2.14 bits per heavy atom. The molecule has 7 heteroatoms. The summed E-state index contributed by atoms with van der Waals surface area (Å²) in [6.07, 6.45) is 3.13. The van der Waals surface area contributed by atoms with Gasteiger partial charge in [-0.05, 0) is 40.5 Å². The second-order valence-corrected chi connectivity index (χ2v) is 5.86. The lowest BCUT2D eigenvalue weighted by Gasteiger charge is -2.19. The van der Waals surface area contributed by atoms with Crippen LogP contribution in [0.2, 0.25) is 0 Å². The highest BCUT2D eigenvalue weighted by molar-refractivity contribution is 9.10. The van der Waals surface area contributed by atoms with Gasteiger partial charge < -0.3 is 10.2 Å². The van der Waals surface area contributed by atoms with Crippen molar-refractivity contribution in [2.75, 3.05) is 16.8 Å². The van der Waals surface area contributed by atoms with E-state index < -0.39 is 0 Å². The first kappa shape index (κ1) is 14.8. The van der Waals surface area contributed by atoms with Crippen LogP contribution in [0.15, 0.2) is 41.1 Å². The Kier molecular flexibility index (Phi) is 4.24. The topological polar surface area (TPSA) is 67.2 Å². The van der Waals surface area contributed by atoms with Crippen LogP contribution in [0, 0.1) is 0 Å². The molecule has 1 aromatic heterocycles. The highest BCUT2D eigenvalue weighted by atomic mass is 79.9. The maximum Gasteiger partial charge on any atom is 0.246 e. The van der Waals surface area contributed by atoms with Crippen molar-refractivity contribution in [2.24, 2.45) is 0 Å². The number of aromatic nitrogens is 2. The van der Waals surface area contributed by atoms with Crippen molar-refractivity contribution in [3.8, 4) is 0 Å². The summed E-state index contributed by atoms with van der Waals surface area (Å²) in [5.74, 6) is -0.0904. The maximum absolute atomic E-state index is 12.1. The highest BCUT2D eigenvalue weighted by Crippen LogP contribution is 2.29. The lowest BCUT2D eigenvalue weighted by molar-refractivity contribution is -0.118. The predicted molar refractivity (Wildman–Crippen MR) is 86.6 cm³/mol. The zero-order chi connectivity index (χ0) is 15.5. The molecule has 0 aliphatic carbocycles. The van der Waals surface area contributed by atoms with Gasteiger partial charge in [-0.1, -0.05) is 12.1 Å². The number of benzene rings is 1. The van der Waals surface area contributed by atoms with Gasteiger partial charge in [0.25, 0.3) is 0 Å². The van der Waals surface area contributed by atoms with Crippen LogP contribution in [-0.4, -0.2) is 28.1 Å². The molecule has 6 nitrogen and oxygen atoms in total. The van der Waals surface area contributed by atoms with E-state index >= 15 is 0 Å². The Balaban J connectivity index is 1.74. The fourth-order valence-electron chi connectivity index (χ4n) is 2.48. The fourth-order valence-corrected chi connectivity index (χ4v) is 2.80. The van der Waals surface area contributed by atoms with Gasteiger partial charge in [0.1, 0.15) is 11.1 Å². The van der Waals surface area contributed by atoms with Crippen LogP contribution in [0.3, 0.4) is 0 Å². The molecule has 2 aromatic rings. The summed E-state index contributed by atoms with van der Waals surface area (Å²) in [5, 5.41) is 6.97. The van der Waals surface area contributed by atoms with Crippen molar-refractivity contribution in [2.45, 2.75) is 19.4 Å². The van der Waals surface area contributed by atoms with Gasteiger partial charge in [0.05, 0.1) is 11.4 Å². The van der Waals surface area contributed by atoms with E-state index in [9.17, 15) is 9.59 Å². The largest absolute Gasteiger partial charge is 0.323 e. The summed E-state index contributed by atoms with van der Waals surface area (Å²) in [6.45, 7) is 0.811. The van der Waals surface area contributed by atoms with E-state index in [2.05, 4.69) is 26.3 Å². The van der Waals surface area contributed by atoms with Crippen LogP contribution >= 0.6 is 15.9 Å². The third-order valence-electron chi connectivity index (χ3n) is 3.46. The first-order valence-electron chi connectivity index (χ1n) is 7.02. The van der Waals surface area contributed by atoms with Crippen LogP contribution in [0.4, 0.5) is 11.4 Å². The van der Waals surface area contributed by atoms with Crippen LogP contribution in [0.25, 0.3) is 0 Å². The molecule has 1 aliphatic heterocycles. The number of halogens is 1. The van der Waals surface area contributed by atoms with Gasteiger partial charge in [-0.25, -0.2) is 0 Å². The molecule has 0 radical (unpaired) electrons. The first-order chi connectivity index (χ1) is 10.6. The number of hydrogen-bond acceptors (Lipinski definition) is 3. The number of nitrogens with zero attached hydrogens (tertiary/aromatic N) is 3. The molecule has 1 aromatic carbocycles. The average Bonchev–Trinajstić information content (AvgIpc) is 3.08. The minimum Gasteiger partial charge on any atom is -0.323 e. The lowest BCUT2D eigenvalue weighted by Crippen LogP contribution is -2.26. The molecule has 0 bridgehead atoms. The van der Waals surface area contributed by atoms with Crippen LogP contribution in [-0.2, 0) is 16.1 Å². The molecule has 1 fully saturated rings. The molecule has 0 atom stereocenters. The van der Waals surface area contributed by atoms with Gasteiger partial charge in [-0.3, -0.25) is 14.3 Å². The van der Waals surface area contributed by atoms with Crippen LogP contribution < -0.4 is 10.2 Å². The molecule has 22 heavy (non-hydrogen) atoms. The molecular weight excluding hydrogens is 348 g/mol. The van der Waals surface area contributed by atoms with Crippen LogP contribution in [0.1, 0.15) is 12.8 Å². The number of carbonyl (C=O) groups excluding carboxylic acids is 2. The number of nitrogens with one attached hydrogen (secondary N) is 1. The number of para-hydroxylation sites is 2. The zero-order valence-corrected chi connectivity index (χ0v) is 13.4. The molecule has 1 N–H and O–H groups in total. The van der Waals surface area contributed by atoms with Crippen molar-refractivity contribution in [1.29, 1.82) is 0 Å². The number of amides is 2. The molecule has 1 aliphatic rings. The standard InChI is InChI=1S/C15H15BrN4O2/c16-13-7-9-19(18-13)10-14(21)17-11-4-1-2-5-12(11)20-8-3-6-15(20)22/h1-2,4-5,7,9H,3,6,8,10H2,(H,17,21). The minimum absolute atomic E-state index is 0.0951. The third-order valence-corrected chi connectivity index (χ3v) is 3.88. The average molecular weight is 363 g/mol. The smallest absolute Gasteiger partial charge is 0.246 e. The molecular formula is C15H15BrN4O2. The molecule has 0 spiro atoms. The summed E-state index contributed by atoms with van der Waals surface area (Å²) in [5.41, 5.74) is 1.40. The SMILES string of the molecule is O=C(Cn1ccc(Br)n1)Nc1ccccc1N1CCCC1=O. The number of hydrogen-bond donors (Lipinski definition) is 1. The van der Waals surface area contributed by atoms with Crippen molar-refractivity contribution < 1.29 is 9.59 Å². The molecule has 2 amide bonds. The summed E-state index contributed by atoms with van der Waals surface area (Å²) in [7, 11) is 0. The monoisotopic (exact) mass is 362 g/mol. The van der Waals surface area contributed by atoms with Gasteiger partial charge >= 0.3 is 0 Å². The van der Waals surface area contributed by atoms with E-state index in [-0.39, 0.29) is 18.4 Å². The number of rotatable bonds is 4. The second-order valence-electron chi connectivity index (χ2n) is 5.05. The van der Waals surface area contributed by atoms with Gasteiger partial charge in [-0.2, -0.15) is 5.10 Å². The van der Waals surface area contributed by atoms with Crippen molar-refractivity contribution in [3.63, 3.8) is 0 Å². The van der Waals surface area contributed by atoms with Gasteiger partial charge in [0.2, 0.25) is 11.8 Å². The maximum atomic E-state index is 12.1. The van der Waals surface area contributed by atoms with E-state index in [1.54, 1.807) is 27.9 Å². The molecule has 1 saturated heterocycles. The Hall–Kier alpha value is -2.15. The van der Waals surface area contributed by atoms with Crippen molar-refractivity contribution in [1.82, 2.24) is 9.78 Å². The third kappa shape index (κ3) is 3.19. The molecule has 0 saturated carbocycles.